The Morgan fingerprint density at radius 1 is 1.23 bits per heavy atom. The maximum atomic E-state index is 11.2. The lowest BCUT2D eigenvalue weighted by Gasteiger charge is -2.21. The average molecular weight is 423 g/mol. The number of carbonyl (C=O) groups excluding carboxylic acids is 1. The summed E-state index contributed by atoms with van der Waals surface area (Å²) < 4.78 is 12.8. The Morgan fingerprint density at radius 3 is 2.74 bits per heavy atom. The zero-order chi connectivity index (χ0) is 21.8. The smallest absolute Gasteiger partial charge is 0.234 e. The summed E-state index contributed by atoms with van der Waals surface area (Å²) >= 11 is 0. The molecule has 0 aromatic carbocycles. The van der Waals surface area contributed by atoms with Gasteiger partial charge in [-0.25, -0.2) is 9.67 Å². The number of anilines is 2. The van der Waals surface area contributed by atoms with Gasteiger partial charge in [-0.1, -0.05) is 0 Å². The number of aliphatic hydroxyl groups is 1. The molecular weight excluding hydrogens is 398 g/mol. The van der Waals surface area contributed by atoms with E-state index in [1.165, 1.54) is 4.68 Å². The molecule has 0 bridgehead atoms. The van der Waals surface area contributed by atoms with Crippen molar-refractivity contribution in [2.45, 2.75) is 38.2 Å². The van der Waals surface area contributed by atoms with E-state index in [-0.39, 0.29) is 5.92 Å². The Labute approximate surface area is 180 Å². The Kier molecular flexibility index (Phi) is 5.97. The van der Waals surface area contributed by atoms with Crippen LogP contribution in [0.5, 0.6) is 11.5 Å². The predicted molar refractivity (Wildman–Crippen MR) is 114 cm³/mol. The Bertz CT molecular complexity index is 1050. The minimum Gasteiger partial charge on any atom is -0.454 e. The van der Waals surface area contributed by atoms with E-state index in [9.17, 15) is 9.90 Å². The maximum absolute atomic E-state index is 11.2. The first kappa shape index (κ1) is 21.0. The van der Waals surface area contributed by atoms with Crippen LogP contribution in [0.1, 0.15) is 44.0 Å². The van der Waals surface area contributed by atoms with Gasteiger partial charge in [0.25, 0.3) is 0 Å². The lowest BCUT2D eigenvalue weighted by atomic mass is 9.96. The van der Waals surface area contributed by atoms with Crippen molar-refractivity contribution in [3.63, 3.8) is 0 Å². The van der Waals surface area contributed by atoms with Crippen molar-refractivity contribution in [2.24, 2.45) is 0 Å². The summed E-state index contributed by atoms with van der Waals surface area (Å²) in [6.07, 6.45) is 7.17. The molecule has 31 heavy (non-hydrogen) atoms. The molecule has 4 rings (SSSR count). The van der Waals surface area contributed by atoms with Gasteiger partial charge in [-0.2, -0.15) is 5.10 Å². The number of carbonyl (C=O) groups is 1. The summed E-state index contributed by atoms with van der Waals surface area (Å²) in [5.74, 6) is 1.86. The average Bonchev–Trinajstić information content (AvgIpc) is 3.17. The van der Waals surface area contributed by atoms with E-state index in [2.05, 4.69) is 20.4 Å². The largest absolute Gasteiger partial charge is 0.454 e. The van der Waals surface area contributed by atoms with Gasteiger partial charge >= 0.3 is 0 Å². The number of ether oxygens (including phenoxy) is 2. The van der Waals surface area contributed by atoms with Crippen LogP contribution < -0.4 is 10.1 Å². The monoisotopic (exact) mass is 423 g/mol. The fourth-order valence-electron chi connectivity index (χ4n) is 3.44. The van der Waals surface area contributed by atoms with E-state index in [0.29, 0.717) is 42.6 Å². The minimum absolute atomic E-state index is 0.182. The first-order valence-corrected chi connectivity index (χ1v) is 10.1. The lowest BCUT2D eigenvalue weighted by Crippen LogP contribution is -2.17. The number of nitrogens with zero attached hydrogens (tertiary/aromatic N) is 4. The van der Waals surface area contributed by atoms with Crippen molar-refractivity contribution in [1.82, 2.24) is 19.7 Å². The summed E-state index contributed by atoms with van der Waals surface area (Å²) in [7, 11) is 0. The molecule has 0 aliphatic carbocycles. The molecule has 0 radical (unpaired) electrons. The first-order valence-electron chi connectivity index (χ1n) is 10.1. The molecule has 0 spiro atoms. The van der Waals surface area contributed by atoms with Gasteiger partial charge in [-0.15, -0.1) is 0 Å². The van der Waals surface area contributed by atoms with Gasteiger partial charge in [0, 0.05) is 43.3 Å². The fourth-order valence-corrected chi connectivity index (χ4v) is 3.44. The molecule has 1 aliphatic heterocycles. The zero-order valence-corrected chi connectivity index (χ0v) is 17.5. The van der Waals surface area contributed by atoms with E-state index < -0.39 is 5.60 Å². The minimum atomic E-state index is -1.05. The molecule has 4 heterocycles. The number of pyridine rings is 2. The van der Waals surface area contributed by atoms with Crippen LogP contribution in [0.15, 0.2) is 42.9 Å². The fraction of sp³-hybridized carbons (Fsp3) is 0.364. The summed E-state index contributed by atoms with van der Waals surface area (Å²) in [5, 5.41) is 17.8. The van der Waals surface area contributed by atoms with Crippen LogP contribution in [0.2, 0.25) is 0 Å². The molecule has 9 heteroatoms. The molecule has 1 saturated heterocycles. The van der Waals surface area contributed by atoms with Crippen molar-refractivity contribution in [1.29, 1.82) is 0 Å². The summed E-state index contributed by atoms with van der Waals surface area (Å²) in [6.45, 7) is 4.70. The number of nitrogens with one attached hydrogen (secondary N) is 1. The van der Waals surface area contributed by atoms with Crippen LogP contribution in [0.3, 0.4) is 0 Å². The van der Waals surface area contributed by atoms with Gasteiger partial charge < -0.3 is 19.9 Å². The van der Waals surface area contributed by atoms with Gasteiger partial charge in [-0.3, -0.25) is 9.78 Å². The Balaban J connectivity index is 1.54. The highest BCUT2D eigenvalue weighted by Gasteiger charge is 2.24. The molecule has 0 amide bonds. The molecule has 0 unspecified atom stereocenters. The van der Waals surface area contributed by atoms with Gasteiger partial charge in [0.2, 0.25) is 6.41 Å². The molecule has 1 fully saturated rings. The Morgan fingerprint density at radius 2 is 2.00 bits per heavy atom. The van der Waals surface area contributed by atoms with Gasteiger partial charge in [0.1, 0.15) is 22.9 Å². The standard InChI is InChI=1S/C22H25N5O4/c1-22(2,29)19-11-16(3-7-23-19)25-20-12-17(4-8-24-20)31-18-13-27(14-28)26-21(18)15-5-9-30-10-6-15/h3-4,7-8,11-15,29H,5-6,9-10H2,1-2H3,(H,23,24,25). The summed E-state index contributed by atoms with van der Waals surface area (Å²) in [6, 6.07) is 7.07. The quantitative estimate of drug-likeness (QED) is 0.557. The third-order valence-corrected chi connectivity index (χ3v) is 5.06. The van der Waals surface area contributed by atoms with Gasteiger partial charge in [0.05, 0.1) is 11.9 Å². The molecule has 162 valence electrons. The van der Waals surface area contributed by atoms with Crippen LogP contribution in [-0.2, 0) is 15.1 Å². The molecule has 0 atom stereocenters. The third kappa shape index (κ3) is 5.07. The van der Waals surface area contributed by atoms with E-state index in [1.54, 1.807) is 56.7 Å². The van der Waals surface area contributed by atoms with Crippen LogP contribution in [-0.4, -0.2) is 44.5 Å². The maximum Gasteiger partial charge on any atom is 0.234 e. The molecule has 1 aliphatic rings. The predicted octanol–water partition coefficient (Wildman–Crippen LogP) is 3.37. The second-order valence-corrected chi connectivity index (χ2v) is 7.94. The number of rotatable bonds is 7. The van der Waals surface area contributed by atoms with E-state index >= 15 is 0 Å². The lowest BCUT2D eigenvalue weighted by molar-refractivity contribution is 0.0739. The normalized spacial score (nSPS) is 14.9. The van der Waals surface area contributed by atoms with Crippen LogP contribution in [0, 0.1) is 0 Å². The molecule has 3 aromatic heterocycles. The third-order valence-electron chi connectivity index (χ3n) is 5.06. The Hall–Kier alpha value is -3.30. The summed E-state index contributed by atoms with van der Waals surface area (Å²) in [5.41, 5.74) is 1.00. The highest BCUT2D eigenvalue weighted by atomic mass is 16.5. The van der Waals surface area contributed by atoms with Gasteiger partial charge in [-0.05, 0) is 44.9 Å². The number of aromatic nitrogens is 4. The topological polar surface area (TPSA) is 111 Å². The van der Waals surface area contributed by atoms with E-state index in [0.717, 1.165) is 24.2 Å². The van der Waals surface area contributed by atoms with Crippen molar-refractivity contribution in [3.8, 4) is 11.5 Å². The molecule has 3 aromatic rings. The molecule has 9 nitrogen and oxygen atoms in total. The van der Waals surface area contributed by atoms with Crippen molar-refractivity contribution in [2.75, 3.05) is 18.5 Å². The molecule has 2 N–H and O–H groups in total. The van der Waals surface area contributed by atoms with Crippen molar-refractivity contribution in [3.05, 3.63) is 54.2 Å². The zero-order valence-electron chi connectivity index (χ0n) is 17.5. The van der Waals surface area contributed by atoms with E-state index in [4.69, 9.17) is 9.47 Å². The first-order chi connectivity index (χ1) is 14.9. The van der Waals surface area contributed by atoms with Gasteiger partial charge in [0.15, 0.2) is 5.75 Å². The van der Waals surface area contributed by atoms with Crippen LogP contribution in [0.25, 0.3) is 0 Å². The number of hydrogen-bond acceptors (Lipinski definition) is 8. The van der Waals surface area contributed by atoms with E-state index in [1.807, 2.05) is 0 Å². The highest BCUT2D eigenvalue weighted by Crippen LogP contribution is 2.35. The van der Waals surface area contributed by atoms with Crippen LogP contribution >= 0.6 is 0 Å². The molecular formula is C22H25N5O4. The van der Waals surface area contributed by atoms with Crippen molar-refractivity contribution < 1.29 is 19.4 Å². The second-order valence-electron chi connectivity index (χ2n) is 7.94. The molecule has 0 saturated carbocycles. The highest BCUT2D eigenvalue weighted by molar-refractivity contribution is 5.58. The van der Waals surface area contributed by atoms with Crippen molar-refractivity contribution >= 4 is 17.9 Å². The number of hydrogen-bond donors (Lipinski definition) is 2. The summed E-state index contributed by atoms with van der Waals surface area (Å²) in [4.78, 5) is 19.8. The second kappa shape index (κ2) is 8.83. The SMILES string of the molecule is CC(C)(O)c1cc(Nc2cc(Oc3cn(C=O)nc3C3CCOCC3)ccn2)ccn1. The van der Waals surface area contributed by atoms with Crippen LogP contribution in [0.4, 0.5) is 11.5 Å².